The zero-order chi connectivity index (χ0) is 14.2. The number of nitrogens with one attached hydrogen (secondary N) is 1. The maximum absolute atomic E-state index is 13.2. The van der Waals surface area contributed by atoms with Gasteiger partial charge in [-0.2, -0.15) is 0 Å². The maximum atomic E-state index is 13.2. The Hall–Kier alpha value is -1.61. The summed E-state index contributed by atoms with van der Waals surface area (Å²) in [5, 5.41) is 3.55. The summed E-state index contributed by atoms with van der Waals surface area (Å²) in [5.74, 6) is -0.690. The summed E-state index contributed by atoms with van der Waals surface area (Å²) in [7, 11) is -3.98. The lowest BCUT2D eigenvalue weighted by molar-refractivity contribution is 0.430. The Bertz CT molecular complexity index is 730. The van der Waals surface area contributed by atoms with E-state index in [1.165, 1.54) is 6.07 Å². The van der Waals surface area contributed by atoms with Crippen molar-refractivity contribution in [2.75, 3.05) is 10.5 Å². The van der Waals surface area contributed by atoms with E-state index in [1.807, 2.05) is 0 Å². The van der Waals surface area contributed by atoms with E-state index in [0.717, 1.165) is 12.1 Å². The molecule has 3 N–H and O–H groups in total. The Morgan fingerprint density at radius 2 is 2.11 bits per heavy atom. The van der Waals surface area contributed by atoms with Crippen molar-refractivity contribution in [2.45, 2.75) is 11.8 Å². The molecule has 1 aromatic carbocycles. The molecular weight excluding hydrogens is 341 g/mol. The zero-order valence-corrected chi connectivity index (χ0v) is 12.0. The van der Waals surface area contributed by atoms with E-state index < -0.39 is 15.8 Å². The Morgan fingerprint density at radius 1 is 1.42 bits per heavy atom. The van der Waals surface area contributed by atoms with Gasteiger partial charge in [-0.1, -0.05) is 5.16 Å². The van der Waals surface area contributed by atoms with Crippen LogP contribution in [0.15, 0.2) is 32.1 Å². The second kappa shape index (κ2) is 4.82. The van der Waals surface area contributed by atoms with Gasteiger partial charge < -0.3 is 10.3 Å². The summed E-state index contributed by atoms with van der Waals surface area (Å²) in [6.45, 7) is 1.64. The van der Waals surface area contributed by atoms with Gasteiger partial charge in [0, 0.05) is 6.07 Å². The lowest BCUT2D eigenvalue weighted by Crippen LogP contribution is -2.14. The van der Waals surface area contributed by atoms with Crippen LogP contribution in [0.4, 0.5) is 16.0 Å². The first-order chi connectivity index (χ1) is 8.79. The molecule has 0 saturated heterocycles. The molecule has 2 aromatic rings. The van der Waals surface area contributed by atoms with Crippen LogP contribution in [0.5, 0.6) is 0 Å². The van der Waals surface area contributed by atoms with Gasteiger partial charge in [0.2, 0.25) is 5.88 Å². The molecule has 0 radical (unpaired) electrons. The molecule has 19 heavy (non-hydrogen) atoms. The number of sulfonamides is 1. The molecule has 0 atom stereocenters. The van der Waals surface area contributed by atoms with Crippen LogP contribution in [0, 0.1) is 12.7 Å². The molecule has 1 heterocycles. The minimum absolute atomic E-state index is 0.00387. The molecule has 0 aliphatic heterocycles. The van der Waals surface area contributed by atoms with Crippen LogP contribution in [0.2, 0.25) is 0 Å². The lowest BCUT2D eigenvalue weighted by Gasteiger charge is -2.08. The van der Waals surface area contributed by atoms with Crippen molar-refractivity contribution in [3.63, 3.8) is 0 Å². The Labute approximate surface area is 117 Å². The minimum atomic E-state index is -3.98. The molecule has 0 unspecified atom stereocenters. The lowest BCUT2D eigenvalue weighted by atomic mass is 10.3. The predicted molar refractivity (Wildman–Crippen MR) is 70.6 cm³/mol. The molecule has 0 spiro atoms. The van der Waals surface area contributed by atoms with Gasteiger partial charge in [0.1, 0.15) is 10.7 Å². The Balaban J connectivity index is 2.42. The van der Waals surface area contributed by atoms with Crippen LogP contribution >= 0.6 is 15.9 Å². The molecule has 0 fully saturated rings. The SMILES string of the molecule is Cc1cc(NS(=O)(=O)c2cc(Br)c(F)cc2N)on1. The highest BCUT2D eigenvalue weighted by Gasteiger charge is 2.21. The number of aromatic nitrogens is 1. The second-order valence-corrected chi connectivity index (χ2v) is 6.25. The number of hydrogen-bond donors (Lipinski definition) is 2. The number of nitrogens with two attached hydrogens (primary N) is 1. The number of aryl methyl sites for hydroxylation is 1. The van der Waals surface area contributed by atoms with Crippen molar-refractivity contribution in [3.8, 4) is 0 Å². The number of rotatable bonds is 3. The summed E-state index contributed by atoms with van der Waals surface area (Å²) < 4.78 is 44.3. The van der Waals surface area contributed by atoms with Crippen LogP contribution in [0.25, 0.3) is 0 Å². The van der Waals surface area contributed by atoms with E-state index >= 15 is 0 Å². The molecule has 0 saturated carbocycles. The van der Waals surface area contributed by atoms with Crippen LogP contribution in [-0.4, -0.2) is 13.6 Å². The maximum Gasteiger partial charge on any atom is 0.266 e. The predicted octanol–water partition coefficient (Wildman–Crippen LogP) is 2.27. The molecule has 0 bridgehead atoms. The summed E-state index contributed by atoms with van der Waals surface area (Å²) >= 11 is 2.90. The first kappa shape index (κ1) is 13.8. The van der Waals surface area contributed by atoms with Crippen LogP contribution in [0.1, 0.15) is 5.69 Å². The van der Waals surface area contributed by atoms with Crippen molar-refractivity contribution in [3.05, 3.63) is 34.2 Å². The second-order valence-electron chi connectivity index (χ2n) is 3.74. The third-order valence-electron chi connectivity index (χ3n) is 2.21. The van der Waals surface area contributed by atoms with Crippen molar-refractivity contribution >= 4 is 37.5 Å². The third kappa shape index (κ3) is 2.87. The summed E-state index contributed by atoms with van der Waals surface area (Å²) in [6, 6.07) is 3.41. The van der Waals surface area contributed by atoms with Gasteiger partial charge in [-0.25, -0.2) is 17.5 Å². The highest BCUT2D eigenvalue weighted by atomic mass is 79.9. The molecule has 0 aliphatic rings. The van der Waals surface area contributed by atoms with Crippen molar-refractivity contribution in [2.24, 2.45) is 0 Å². The number of halogens is 2. The van der Waals surface area contributed by atoms with E-state index in [1.54, 1.807) is 6.92 Å². The van der Waals surface area contributed by atoms with Crippen molar-refractivity contribution in [1.82, 2.24) is 5.16 Å². The molecule has 0 aliphatic carbocycles. The van der Waals surface area contributed by atoms with Crippen LogP contribution in [-0.2, 0) is 10.0 Å². The van der Waals surface area contributed by atoms with E-state index in [0.29, 0.717) is 5.69 Å². The number of hydrogen-bond acceptors (Lipinski definition) is 5. The van der Waals surface area contributed by atoms with Crippen LogP contribution in [0.3, 0.4) is 0 Å². The molecule has 1 aromatic heterocycles. The standard InChI is InChI=1S/C10H9BrFN3O3S/c1-5-2-10(18-14-5)15-19(16,17)9-3-6(11)7(12)4-8(9)13/h2-4,15H,13H2,1H3. The zero-order valence-electron chi connectivity index (χ0n) is 9.65. The van der Waals surface area contributed by atoms with Crippen molar-refractivity contribution in [1.29, 1.82) is 0 Å². The topological polar surface area (TPSA) is 98.2 Å². The molecule has 6 nitrogen and oxygen atoms in total. The molecular formula is C10H9BrFN3O3S. The summed E-state index contributed by atoms with van der Waals surface area (Å²) in [4.78, 5) is -0.255. The first-order valence-corrected chi connectivity index (χ1v) is 7.28. The van der Waals surface area contributed by atoms with Gasteiger partial charge in [0.25, 0.3) is 10.0 Å². The van der Waals surface area contributed by atoms with Crippen molar-refractivity contribution < 1.29 is 17.3 Å². The minimum Gasteiger partial charge on any atom is -0.398 e. The van der Waals surface area contributed by atoms with Gasteiger partial charge in [-0.3, -0.25) is 0 Å². The van der Waals surface area contributed by atoms with Gasteiger partial charge in [0.15, 0.2) is 0 Å². The molecule has 102 valence electrons. The molecule has 9 heteroatoms. The highest BCUT2D eigenvalue weighted by Crippen LogP contribution is 2.27. The number of nitrogen functional groups attached to an aromatic ring is 1. The van der Waals surface area contributed by atoms with E-state index in [-0.39, 0.29) is 20.9 Å². The quantitative estimate of drug-likeness (QED) is 0.828. The van der Waals surface area contributed by atoms with Gasteiger partial charge in [-0.05, 0) is 35.0 Å². The van der Waals surface area contributed by atoms with Gasteiger partial charge in [0.05, 0.1) is 15.9 Å². The fourth-order valence-corrected chi connectivity index (χ4v) is 2.98. The molecule has 2 rings (SSSR count). The summed E-state index contributed by atoms with van der Waals surface area (Å²) in [5.41, 5.74) is 5.82. The Kier molecular flexibility index (Phi) is 3.50. The van der Waals surface area contributed by atoms with E-state index in [9.17, 15) is 12.8 Å². The fourth-order valence-electron chi connectivity index (χ4n) is 1.38. The fraction of sp³-hybridized carbons (Fsp3) is 0.100. The Morgan fingerprint density at radius 3 is 2.68 bits per heavy atom. The van der Waals surface area contributed by atoms with Gasteiger partial charge >= 0.3 is 0 Å². The van der Waals surface area contributed by atoms with Crippen LogP contribution < -0.4 is 10.5 Å². The number of anilines is 2. The average molecular weight is 350 g/mol. The smallest absolute Gasteiger partial charge is 0.266 e. The normalized spacial score (nSPS) is 11.5. The first-order valence-electron chi connectivity index (χ1n) is 5.00. The summed E-state index contributed by atoms with van der Waals surface area (Å²) in [6.07, 6.45) is 0. The third-order valence-corrected chi connectivity index (χ3v) is 4.22. The monoisotopic (exact) mass is 349 g/mol. The number of nitrogens with zero attached hydrogens (tertiary/aromatic N) is 1. The highest BCUT2D eigenvalue weighted by molar-refractivity contribution is 9.10. The van der Waals surface area contributed by atoms with E-state index in [2.05, 4.69) is 25.8 Å². The van der Waals surface area contributed by atoms with Gasteiger partial charge in [-0.15, -0.1) is 0 Å². The van der Waals surface area contributed by atoms with E-state index in [4.69, 9.17) is 10.3 Å². The largest absolute Gasteiger partial charge is 0.398 e. The number of benzene rings is 1. The molecule has 0 amide bonds. The average Bonchev–Trinajstić information content (AvgIpc) is 2.68.